The van der Waals surface area contributed by atoms with Crippen molar-refractivity contribution < 1.29 is 14.7 Å². The number of aliphatic hydroxyl groups is 1. The summed E-state index contributed by atoms with van der Waals surface area (Å²) >= 11 is 5.86. The van der Waals surface area contributed by atoms with Crippen molar-refractivity contribution >= 4 is 29.0 Å². The molecule has 1 heterocycles. The third-order valence-corrected chi connectivity index (χ3v) is 4.89. The number of hydrogen-bond donors (Lipinski definition) is 1. The lowest BCUT2D eigenvalue weighted by Crippen LogP contribution is -2.47. The topological polar surface area (TPSA) is 57.6 Å². The summed E-state index contributed by atoms with van der Waals surface area (Å²) in [6.07, 6.45) is 1.59. The first-order valence-corrected chi connectivity index (χ1v) is 8.33. The zero-order valence-corrected chi connectivity index (χ0v) is 14.5. The van der Waals surface area contributed by atoms with E-state index < -0.39 is 17.4 Å². The van der Waals surface area contributed by atoms with Gasteiger partial charge in [0.05, 0.1) is 11.6 Å². The molecule has 4 nitrogen and oxygen atoms in total. The number of carbonyl (C=O) groups excluding carboxylic acids is 2. The van der Waals surface area contributed by atoms with E-state index in [2.05, 4.69) is 6.58 Å². The Labute approximate surface area is 151 Å². The van der Waals surface area contributed by atoms with Crippen LogP contribution in [0.15, 0.2) is 61.2 Å². The number of fused-ring (bicyclic) bond motifs is 1. The van der Waals surface area contributed by atoms with Gasteiger partial charge >= 0.3 is 0 Å². The van der Waals surface area contributed by atoms with Crippen LogP contribution in [-0.2, 0) is 10.4 Å². The number of benzene rings is 2. The number of halogens is 1. The minimum atomic E-state index is -1.91. The maximum atomic E-state index is 13.0. The summed E-state index contributed by atoms with van der Waals surface area (Å²) in [5.41, 5.74) is -0.462. The highest BCUT2D eigenvalue weighted by Crippen LogP contribution is 2.45. The Kier molecular flexibility index (Phi) is 4.50. The van der Waals surface area contributed by atoms with Crippen LogP contribution in [0.25, 0.3) is 0 Å². The summed E-state index contributed by atoms with van der Waals surface area (Å²) in [6.45, 7) is 5.50. The van der Waals surface area contributed by atoms with Crippen molar-refractivity contribution in [1.82, 2.24) is 0 Å². The van der Waals surface area contributed by atoms with Gasteiger partial charge in [0, 0.05) is 22.7 Å². The van der Waals surface area contributed by atoms with E-state index in [-0.39, 0.29) is 12.3 Å². The molecule has 1 aliphatic rings. The number of amides is 1. The second-order valence-electron chi connectivity index (χ2n) is 6.08. The largest absolute Gasteiger partial charge is 0.375 e. The van der Waals surface area contributed by atoms with E-state index >= 15 is 0 Å². The highest BCUT2D eigenvalue weighted by atomic mass is 35.5. The molecule has 0 radical (unpaired) electrons. The van der Waals surface area contributed by atoms with Crippen LogP contribution >= 0.6 is 11.6 Å². The monoisotopic (exact) mass is 355 g/mol. The Bertz CT molecular complexity index is 846. The molecule has 3 rings (SSSR count). The molecule has 0 spiro atoms. The molecule has 0 aromatic heterocycles. The number of para-hydroxylation sites is 1. The maximum Gasteiger partial charge on any atom is 0.264 e. The van der Waals surface area contributed by atoms with E-state index in [4.69, 9.17) is 11.6 Å². The first-order chi connectivity index (χ1) is 11.9. The number of rotatable bonds is 5. The van der Waals surface area contributed by atoms with Gasteiger partial charge < -0.3 is 10.0 Å². The standard InChI is InChI=1S/C20H18ClNO3/c1-3-12-22-17-7-5-4-6-16(17)20(25,19(22)24)13(2)18(23)14-8-10-15(21)11-9-14/h3-11,13,25H,1,12H2,2H3/t13-,20-/m0/s1. The lowest BCUT2D eigenvalue weighted by atomic mass is 9.79. The summed E-state index contributed by atoms with van der Waals surface area (Å²) in [7, 11) is 0. The van der Waals surface area contributed by atoms with Crippen molar-refractivity contribution in [3.05, 3.63) is 77.3 Å². The van der Waals surface area contributed by atoms with E-state index in [1.807, 2.05) is 0 Å². The van der Waals surface area contributed by atoms with E-state index in [0.717, 1.165) is 0 Å². The smallest absolute Gasteiger partial charge is 0.264 e. The highest BCUT2D eigenvalue weighted by Gasteiger charge is 2.54. The summed E-state index contributed by atoms with van der Waals surface area (Å²) in [6, 6.07) is 13.4. The maximum absolute atomic E-state index is 13.0. The van der Waals surface area contributed by atoms with E-state index in [9.17, 15) is 14.7 Å². The summed E-state index contributed by atoms with van der Waals surface area (Å²) < 4.78 is 0. The van der Waals surface area contributed by atoms with Gasteiger partial charge in [-0.25, -0.2) is 0 Å². The van der Waals surface area contributed by atoms with Gasteiger partial charge in [0.25, 0.3) is 5.91 Å². The van der Waals surface area contributed by atoms with Crippen LogP contribution < -0.4 is 4.90 Å². The van der Waals surface area contributed by atoms with Crippen LogP contribution in [0.4, 0.5) is 5.69 Å². The van der Waals surface area contributed by atoms with Gasteiger partial charge in [-0.15, -0.1) is 6.58 Å². The summed E-state index contributed by atoms with van der Waals surface area (Å²) in [5, 5.41) is 11.8. The number of nitrogens with zero attached hydrogens (tertiary/aromatic N) is 1. The van der Waals surface area contributed by atoms with Crippen molar-refractivity contribution in [2.45, 2.75) is 12.5 Å². The number of hydrogen-bond acceptors (Lipinski definition) is 3. The predicted octanol–water partition coefficient (Wildman–Crippen LogP) is 3.58. The molecule has 0 saturated heterocycles. The molecule has 0 bridgehead atoms. The van der Waals surface area contributed by atoms with Gasteiger partial charge in [-0.3, -0.25) is 9.59 Å². The summed E-state index contributed by atoms with van der Waals surface area (Å²) in [4.78, 5) is 27.3. The van der Waals surface area contributed by atoms with Crippen LogP contribution in [0.3, 0.4) is 0 Å². The van der Waals surface area contributed by atoms with Gasteiger partial charge in [0.15, 0.2) is 11.4 Å². The quantitative estimate of drug-likeness (QED) is 0.658. The number of carbonyl (C=O) groups is 2. The normalized spacial score (nSPS) is 20.3. The van der Waals surface area contributed by atoms with Gasteiger partial charge in [-0.2, -0.15) is 0 Å². The molecule has 0 fully saturated rings. The second-order valence-corrected chi connectivity index (χ2v) is 6.52. The molecule has 2 atom stereocenters. The fraction of sp³-hybridized carbons (Fsp3) is 0.200. The average molecular weight is 356 g/mol. The SMILES string of the molecule is C=CCN1C(=O)[C@](O)([C@@H](C)C(=O)c2ccc(Cl)cc2)c2ccccc21. The predicted molar refractivity (Wildman–Crippen MR) is 97.8 cm³/mol. The van der Waals surface area contributed by atoms with Crippen LogP contribution in [0.5, 0.6) is 0 Å². The molecule has 5 heteroatoms. The Morgan fingerprint density at radius 3 is 2.56 bits per heavy atom. The van der Waals surface area contributed by atoms with Crippen molar-refractivity contribution in [1.29, 1.82) is 0 Å². The minimum Gasteiger partial charge on any atom is -0.375 e. The number of Topliss-reactive ketones (excluding diaryl/α,β-unsaturated/α-hetero) is 1. The molecule has 0 saturated carbocycles. The molecular weight excluding hydrogens is 338 g/mol. The van der Waals surface area contributed by atoms with Crippen LogP contribution in [-0.4, -0.2) is 23.3 Å². The van der Waals surface area contributed by atoms with Crippen molar-refractivity contribution in [2.75, 3.05) is 11.4 Å². The first kappa shape index (κ1) is 17.4. The first-order valence-electron chi connectivity index (χ1n) is 7.95. The van der Waals surface area contributed by atoms with Gasteiger partial charge in [-0.1, -0.05) is 42.8 Å². The molecule has 2 aromatic rings. The molecule has 1 amide bonds. The van der Waals surface area contributed by atoms with Gasteiger partial charge in [0.2, 0.25) is 0 Å². The zero-order chi connectivity index (χ0) is 18.2. The highest BCUT2D eigenvalue weighted by molar-refractivity contribution is 6.30. The third-order valence-electron chi connectivity index (χ3n) is 4.64. The zero-order valence-electron chi connectivity index (χ0n) is 13.8. The van der Waals surface area contributed by atoms with Crippen LogP contribution in [0.1, 0.15) is 22.8 Å². The second kappa shape index (κ2) is 6.47. The molecule has 2 aromatic carbocycles. The average Bonchev–Trinajstić information content (AvgIpc) is 2.84. The Hall–Kier alpha value is -2.43. The lowest BCUT2D eigenvalue weighted by Gasteiger charge is -2.28. The minimum absolute atomic E-state index is 0.264. The molecule has 1 aliphatic heterocycles. The van der Waals surface area contributed by atoms with E-state index in [1.54, 1.807) is 61.5 Å². The molecule has 1 N–H and O–H groups in total. The Morgan fingerprint density at radius 2 is 1.92 bits per heavy atom. The fourth-order valence-corrected chi connectivity index (χ4v) is 3.37. The molecular formula is C20H18ClNO3. The van der Waals surface area contributed by atoms with E-state index in [0.29, 0.717) is 21.8 Å². The Balaban J connectivity index is 2.05. The third kappa shape index (κ3) is 2.68. The molecule has 0 aliphatic carbocycles. The fourth-order valence-electron chi connectivity index (χ4n) is 3.24. The lowest BCUT2D eigenvalue weighted by molar-refractivity contribution is -0.139. The van der Waals surface area contributed by atoms with Gasteiger partial charge in [0.1, 0.15) is 0 Å². The molecule has 25 heavy (non-hydrogen) atoms. The van der Waals surface area contributed by atoms with Crippen LogP contribution in [0.2, 0.25) is 5.02 Å². The summed E-state index contributed by atoms with van der Waals surface area (Å²) in [5.74, 6) is -1.77. The van der Waals surface area contributed by atoms with Crippen LogP contribution in [0, 0.1) is 5.92 Å². The van der Waals surface area contributed by atoms with Gasteiger partial charge in [-0.05, 0) is 30.3 Å². The Morgan fingerprint density at radius 1 is 1.28 bits per heavy atom. The van der Waals surface area contributed by atoms with Crippen molar-refractivity contribution in [2.24, 2.45) is 5.92 Å². The molecule has 128 valence electrons. The number of ketones is 1. The number of anilines is 1. The van der Waals surface area contributed by atoms with E-state index in [1.165, 1.54) is 4.90 Å². The molecule has 0 unspecified atom stereocenters. The van der Waals surface area contributed by atoms with Crippen molar-refractivity contribution in [3.63, 3.8) is 0 Å². The van der Waals surface area contributed by atoms with Crippen molar-refractivity contribution in [3.8, 4) is 0 Å².